The Balaban J connectivity index is 3.39. The van der Waals surface area contributed by atoms with Crippen molar-refractivity contribution in [2.45, 2.75) is 12.4 Å². The Morgan fingerprint density at radius 2 is 1.03 bits per heavy atom. The van der Waals surface area contributed by atoms with Crippen molar-refractivity contribution >= 4 is 11.1 Å². The van der Waals surface area contributed by atoms with Crippen LogP contribution >= 0.6 is 0 Å². The van der Waals surface area contributed by atoms with Gasteiger partial charge in [-0.25, -0.2) is 0 Å². The van der Waals surface area contributed by atoms with Crippen molar-refractivity contribution in [1.29, 1.82) is 36.8 Å². The number of benzene rings is 2. The van der Waals surface area contributed by atoms with Gasteiger partial charge < -0.3 is 0 Å². The first-order valence-corrected chi connectivity index (χ1v) is 8.93. The summed E-state index contributed by atoms with van der Waals surface area (Å²) in [7, 11) is 0. The van der Waals surface area contributed by atoms with Crippen LogP contribution in [-0.2, 0) is 12.4 Å². The first-order valence-electron chi connectivity index (χ1n) is 8.93. The summed E-state index contributed by atoms with van der Waals surface area (Å²) in [6, 6.07) is 11.3. The number of halogens is 6. The third-order valence-electron chi connectivity index (χ3n) is 4.67. The summed E-state index contributed by atoms with van der Waals surface area (Å²) in [4.78, 5) is 0. The molecular weight excluding hydrogens is 488 g/mol. The van der Waals surface area contributed by atoms with Gasteiger partial charge in [0.2, 0.25) is 0 Å². The van der Waals surface area contributed by atoms with E-state index in [4.69, 9.17) is 15.8 Å². The van der Waals surface area contributed by atoms with E-state index in [1.54, 1.807) is 12.1 Å². The molecule has 2 rings (SSSR count). The highest BCUT2D eigenvalue weighted by atomic mass is 19.4. The van der Waals surface area contributed by atoms with Crippen molar-refractivity contribution in [1.82, 2.24) is 0 Å². The molecule has 2 aromatic carbocycles. The van der Waals surface area contributed by atoms with Gasteiger partial charge in [-0.1, -0.05) is 0 Å². The third kappa shape index (κ3) is 4.48. The summed E-state index contributed by atoms with van der Waals surface area (Å²) < 4.78 is 81.8. The minimum atomic E-state index is -5.79. The lowest BCUT2D eigenvalue weighted by Crippen LogP contribution is -2.24. The average Bonchev–Trinajstić information content (AvgIpc) is 2.83. The number of nitriles is 7. The minimum absolute atomic E-state index is 0.262. The molecule has 0 unspecified atom stereocenters. The van der Waals surface area contributed by atoms with Crippen LogP contribution in [0, 0.1) is 79.3 Å². The average molecular weight is 491 g/mol. The van der Waals surface area contributed by atoms with Crippen molar-refractivity contribution < 1.29 is 26.3 Å². The molecule has 0 atom stereocenters. The highest BCUT2D eigenvalue weighted by molar-refractivity contribution is 5.84. The third-order valence-corrected chi connectivity index (χ3v) is 4.67. The zero-order chi connectivity index (χ0) is 27.4. The van der Waals surface area contributed by atoms with Crippen LogP contribution in [0.15, 0.2) is 18.2 Å². The van der Waals surface area contributed by atoms with E-state index in [0.717, 1.165) is 24.3 Å². The van der Waals surface area contributed by atoms with E-state index in [1.807, 2.05) is 0 Å². The van der Waals surface area contributed by atoms with Gasteiger partial charge in [0.15, 0.2) is 0 Å². The topological polar surface area (TPSA) is 167 Å². The van der Waals surface area contributed by atoms with Gasteiger partial charge in [0.1, 0.15) is 29.8 Å². The smallest absolute Gasteiger partial charge is 0.192 e. The standard InChI is InChI=1S/C23H3F6N7/c24-22(25,26)20-13(6-32)3-17(19(10-36)21(20)23(27,28)29)18(9-35)16-2-11(4-30)15(1-12(16)5-31)14(7-33)8-34/h1-3H/b18-16-. The van der Waals surface area contributed by atoms with Crippen molar-refractivity contribution in [3.8, 4) is 42.5 Å². The van der Waals surface area contributed by atoms with E-state index in [1.165, 1.54) is 18.2 Å². The molecule has 0 bridgehead atoms. The maximum atomic E-state index is 13.8. The van der Waals surface area contributed by atoms with E-state index in [-0.39, 0.29) is 11.3 Å². The maximum absolute atomic E-state index is 13.8. The van der Waals surface area contributed by atoms with E-state index in [0.29, 0.717) is 0 Å². The van der Waals surface area contributed by atoms with Crippen LogP contribution in [0.2, 0.25) is 0 Å². The van der Waals surface area contributed by atoms with Crippen LogP contribution < -0.4 is 10.4 Å². The molecule has 0 aliphatic carbocycles. The lowest BCUT2D eigenvalue weighted by atomic mass is 9.87. The second-order valence-corrected chi connectivity index (χ2v) is 6.57. The predicted octanol–water partition coefficient (Wildman–Crippen LogP) is 3.13. The summed E-state index contributed by atoms with van der Waals surface area (Å²) in [5, 5.41) is 64.4. The number of rotatable bonds is 1. The maximum Gasteiger partial charge on any atom is 0.418 e. The van der Waals surface area contributed by atoms with Gasteiger partial charge in [-0.3, -0.25) is 0 Å². The molecular formula is C23H3F6N7. The summed E-state index contributed by atoms with van der Waals surface area (Å²) in [5.74, 6) is 0. The van der Waals surface area contributed by atoms with Crippen molar-refractivity contribution in [3.05, 3.63) is 67.6 Å². The minimum Gasteiger partial charge on any atom is -0.192 e. The van der Waals surface area contributed by atoms with Gasteiger partial charge in [0.05, 0.1) is 57.2 Å². The van der Waals surface area contributed by atoms with E-state index >= 15 is 0 Å². The Labute approximate surface area is 197 Å². The second kappa shape index (κ2) is 9.59. The molecule has 0 aliphatic rings. The van der Waals surface area contributed by atoms with Crippen LogP contribution in [-0.4, -0.2) is 0 Å². The number of hydrogen-bond acceptors (Lipinski definition) is 7. The first-order chi connectivity index (χ1) is 16.8. The molecule has 172 valence electrons. The lowest BCUT2D eigenvalue weighted by molar-refractivity contribution is -0.162. The summed E-state index contributed by atoms with van der Waals surface area (Å²) in [6.45, 7) is 0. The Bertz CT molecular complexity index is 1720. The molecule has 0 heterocycles. The molecule has 0 spiro atoms. The van der Waals surface area contributed by atoms with Crippen LogP contribution in [0.5, 0.6) is 0 Å². The molecule has 0 aliphatic heterocycles. The summed E-state index contributed by atoms with van der Waals surface area (Å²) in [6.07, 6.45) is -11.5. The van der Waals surface area contributed by atoms with Crippen LogP contribution in [0.4, 0.5) is 26.3 Å². The quantitative estimate of drug-likeness (QED) is 0.552. The molecule has 36 heavy (non-hydrogen) atoms. The van der Waals surface area contributed by atoms with Crippen LogP contribution in [0.1, 0.15) is 38.9 Å². The monoisotopic (exact) mass is 491 g/mol. The zero-order valence-electron chi connectivity index (χ0n) is 17.1. The highest BCUT2D eigenvalue weighted by Crippen LogP contribution is 2.45. The first kappa shape index (κ1) is 26.4. The van der Waals surface area contributed by atoms with Gasteiger partial charge in [-0.05, 0) is 18.2 Å². The van der Waals surface area contributed by atoms with Gasteiger partial charge in [-0.15, -0.1) is 0 Å². The molecule has 7 nitrogen and oxygen atoms in total. The Morgan fingerprint density at radius 1 is 0.556 bits per heavy atom. The Kier molecular flexibility index (Phi) is 7.04. The van der Waals surface area contributed by atoms with Crippen LogP contribution in [0.25, 0.3) is 11.1 Å². The van der Waals surface area contributed by atoms with Gasteiger partial charge in [-0.2, -0.15) is 63.2 Å². The van der Waals surface area contributed by atoms with Crippen molar-refractivity contribution in [2.75, 3.05) is 0 Å². The molecule has 13 heteroatoms. The van der Waals surface area contributed by atoms with E-state index in [9.17, 15) is 47.4 Å². The fraction of sp³-hybridized carbons (Fsp3) is 0.0870. The summed E-state index contributed by atoms with van der Waals surface area (Å²) >= 11 is 0. The molecule has 0 aromatic heterocycles. The molecule has 0 radical (unpaired) electrons. The Hall–Kier alpha value is -5.81. The van der Waals surface area contributed by atoms with E-state index < -0.39 is 67.7 Å². The van der Waals surface area contributed by atoms with Gasteiger partial charge >= 0.3 is 12.4 Å². The zero-order valence-corrected chi connectivity index (χ0v) is 17.1. The fourth-order valence-electron chi connectivity index (χ4n) is 3.27. The summed E-state index contributed by atoms with van der Waals surface area (Å²) in [5.41, 5.74) is -11.7. The fourth-order valence-corrected chi connectivity index (χ4v) is 3.27. The number of nitrogens with zero attached hydrogens (tertiary/aromatic N) is 7. The van der Waals surface area contributed by atoms with Gasteiger partial charge in [0, 0.05) is 16.0 Å². The second-order valence-electron chi connectivity index (χ2n) is 6.57. The van der Waals surface area contributed by atoms with Crippen molar-refractivity contribution in [3.63, 3.8) is 0 Å². The Morgan fingerprint density at radius 3 is 1.42 bits per heavy atom. The molecule has 0 amide bonds. The largest absolute Gasteiger partial charge is 0.418 e. The molecule has 0 saturated heterocycles. The lowest BCUT2D eigenvalue weighted by Gasteiger charge is -2.20. The van der Waals surface area contributed by atoms with E-state index in [2.05, 4.69) is 0 Å². The highest BCUT2D eigenvalue weighted by Gasteiger charge is 2.48. The predicted molar refractivity (Wildman–Crippen MR) is 104 cm³/mol. The molecule has 2 aromatic rings. The van der Waals surface area contributed by atoms with Crippen molar-refractivity contribution in [2.24, 2.45) is 0 Å². The molecule has 0 N–H and O–H groups in total. The van der Waals surface area contributed by atoms with Crippen LogP contribution in [0.3, 0.4) is 0 Å². The normalized spacial score (nSPS) is 11.3. The number of alkyl halides is 6. The van der Waals surface area contributed by atoms with Gasteiger partial charge in [0.25, 0.3) is 0 Å². The number of hydrogen-bond donors (Lipinski definition) is 0. The SMILES string of the molecule is N#CC(C#N)=c1cc(C#N)/c(=C(/C#N)c2cc(C#N)c(C(F)(F)F)c(C(F)(F)F)c2C#N)cc1C#N. The molecule has 0 saturated carbocycles. The molecule has 0 fully saturated rings.